The zero-order chi connectivity index (χ0) is 19.7. The van der Waals surface area contributed by atoms with Gasteiger partial charge in [-0.15, -0.1) is 0 Å². The summed E-state index contributed by atoms with van der Waals surface area (Å²) >= 11 is 0. The average molecular weight is 384 g/mol. The summed E-state index contributed by atoms with van der Waals surface area (Å²) < 4.78 is 23.9. The van der Waals surface area contributed by atoms with Gasteiger partial charge >= 0.3 is 0 Å². The monoisotopic (exact) mass is 384 g/mol. The van der Waals surface area contributed by atoms with Gasteiger partial charge in [-0.25, -0.2) is 4.39 Å². The van der Waals surface area contributed by atoms with E-state index in [9.17, 15) is 14.0 Å². The second-order valence-corrected chi connectivity index (χ2v) is 7.04. The first-order valence-electron chi connectivity index (χ1n) is 9.25. The molecule has 2 heterocycles. The summed E-state index contributed by atoms with van der Waals surface area (Å²) in [6, 6.07) is 9.71. The highest BCUT2D eigenvalue weighted by Crippen LogP contribution is 2.37. The fraction of sp³-hybridized carbons (Fsp3) is 0.333. The number of hydrogen-bond donors (Lipinski definition) is 1. The lowest BCUT2D eigenvalue weighted by Crippen LogP contribution is -2.33. The number of hydrogen-bond acceptors (Lipinski definition) is 5. The third kappa shape index (κ3) is 3.71. The molecule has 0 spiro atoms. The second-order valence-electron chi connectivity index (χ2n) is 7.04. The molecule has 1 saturated heterocycles. The maximum absolute atomic E-state index is 13.2. The van der Waals surface area contributed by atoms with Crippen LogP contribution in [0.25, 0.3) is 0 Å². The van der Waals surface area contributed by atoms with Crippen molar-refractivity contribution in [2.24, 2.45) is 0 Å². The summed E-state index contributed by atoms with van der Waals surface area (Å²) in [6.07, 6.45) is 1.89. The lowest BCUT2D eigenvalue weighted by molar-refractivity contribution is -0.117. The van der Waals surface area contributed by atoms with E-state index < -0.39 is 0 Å². The molecule has 2 aliphatic rings. The summed E-state index contributed by atoms with van der Waals surface area (Å²) in [5.74, 6) is 0.352. The molecule has 0 unspecified atom stereocenters. The van der Waals surface area contributed by atoms with Gasteiger partial charge in [-0.1, -0.05) is 12.1 Å². The first kappa shape index (κ1) is 18.4. The Morgan fingerprint density at radius 1 is 1.18 bits per heavy atom. The zero-order valence-electron chi connectivity index (χ0n) is 15.5. The molecule has 2 aromatic rings. The van der Waals surface area contributed by atoms with Crippen LogP contribution in [-0.2, 0) is 4.79 Å². The van der Waals surface area contributed by atoms with E-state index in [4.69, 9.17) is 9.47 Å². The molecular formula is C21H21FN2O4. The van der Waals surface area contributed by atoms with Crippen LogP contribution in [0.15, 0.2) is 36.4 Å². The van der Waals surface area contributed by atoms with Gasteiger partial charge < -0.3 is 14.8 Å². The minimum atomic E-state index is -0.273. The van der Waals surface area contributed by atoms with Crippen LogP contribution < -0.4 is 14.8 Å². The van der Waals surface area contributed by atoms with Crippen LogP contribution in [0.1, 0.15) is 41.7 Å². The number of ketones is 1. The Labute approximate surface area is 162 Å². The highest BCUT2D eigenvalue weighted by molar-refractivity contribution is 6.05. The Bertz CT molecular complexity index is 913. The van der Waals surface area contributed by atoms with E-state index in [2.05, 4.69) is 10.2 Å². The summed E-state index contributed by atoms with van der Waals surface area (Å²) in [4.78, 5) is 26.7. The molecule has 28 heavy (non-hydrogen) atoms. The molecule has 4 rings (SSSR count). The van der Waals surface area contributed by atoms with E-state index >= 15 is 0 Å². The molecule has 0 radical (unpaired) electrons. The van der Waals surface area contributed by atoms with Crippen molar-refractivity contribution in [2.75, 3.05) is 25.2 Å². The summed E-state index contributed by atoms with van der Waals surface area (Å²) in [7, 11) is 0. The predicted molar refractivity (Wildman–Crippen MR) is 101 cm³/mol. The second kappa shape index (κ2) is 7.59. The first-order valence-corrected chi connectivity index (χ1v) is 9.25. The molecule has 0 bridgehead atoms. The van der Waals surface area contributed by atoms with Gasteiger partial charge in [0.25, 0.3) is 0 Å². The van der Waals surface area contributed by atoms with E-state index in [0.717, 1.165) is 24.9 Å². The number of nitrogens with one attached hydrogen (secondary N) is 1. The molecule has 6 nitrogen and oxygen atoms in total. The number of likely N-dealkylation sites (tertiary alicyclic amines) is 1. The third-order valence-electron chi connectivity index (χ3n) is 5.13. The fourth-order valence-electron chi connectivity index (χ4n) is 3.79. The number of anilines is 1. The van der Waals surface area contributed by atoms with Crippen molar-refractivity contribution in [3.63, 3.8) is 0 Å². The normalized spacial score (nSPS) is 18.3. The molecule has 0 saturated carbocycles. The Hall–Kier alpha value is -2.93. The van der Waals surface area contributed by atoms with Crippen LogP contribution in [0.3, 0.4) is 0 Å². The van der Waals surface area contributed by atoms with Gasteiger partial charge in [-0.2, -0.15) is 0 Å². The quantitative estimate of drug-likeness (QED) is 0.799. The molecule has 146 valence electrons. The van der Waals surface area contributed by atoms with Gasteiger partial charge in [-0.3, -0.25) is 14.5 Å². The third-order valence-corrected chi connectivity index (χ3v) is 5.13. The van der Waals surface area contributed by atoms with E-state index in [1.165, 1.54) is 19.1 Å². The molecule has 0 aliphatic carbocycles. The Kier molecular flexibility index (Phi) is 5.00. The fourth-order valence-corrected chi connectivity index (χ4v) is 3.79. The van der Waals surface area contributed by atoms with Crippen molar-refractivity contribution in [1.29, 1.82) is 0 Å². The Morgan fingerprint density at radius 2 is 1.89 bits per heavy atom. The number of carbonyl (C=O) groups excluding carboxylic acids is 2. The van der Waals surface area contributed by atoms with Crippen molar-refractivity contribution in [2.45, 2.75) is 25.8 Å². The first-order chi connectivity index (χ1) is 13.5. The summed E-state index contributed by atoms with van der Waals surface area (Å²) in [6.45, 7) is 2.51. The molecule has 2 aliphatic heterocycles. The maximum Gasteiger partial charge on any atom is 0.238 e. The van der Waals surface area contributed by atoms with E-state index in [-0.39, 0.29) is 36.9 Å². The van der Waals surface area contributed by atoms with Crippen LogP contribution in [0.4, 0.5) is 10.1 Å². The van der Waals surface area contributed by atoms with E-state index in [1.807, 2.05) is 0 Å². The molecule has 2 aromatic carbocycles. The van der Waals surface area contributed by atoms with Gasteiger partial charge in [0.15, 0.2) is 17.3 Å². The molecule has 1 atom stereocenters. The number of benzene rings is 2. The largest absolute Gasteiger partial charge is 0.454 e. The number of nitrogens with zero attached hydrogens (tertiary/aromatic N) is 1. The van der Waals surface area contributed by atoms with Crippen molar-refractivity contribution < 1.29 is 23.5 Å². The van der Waals surface area contributed by atoms with Crippen molar-refractivity contribution in [3.05, 3.63) is 53.3 Å². The highest BCUT2D eigenvalue weighted by atomic mass is 19.1. The van der Waals surface area contributed by atoms with Crippen LogP contribution in [0, 0.1) is 5.82 Å². The molecular weight excluding hydrogens is 363 g/mol. The number of ether oxygens (including phenoxy) is 2. The summed E-state index contributed by atoms with van der Waals surface area (Å²) in [5, 5.41) is 2.83. The van der Waals surface area contributed by atoms with Gasteiger partial charge in [0.05, 0.1) is 12.2 Å². The number of halogens is 1. The van der Waals surface area contributed by atoms with Gasteiger partial charge in [-0.05, 0) is 50.1 Å². The molecule has 1 fully saturated rings. The van der Waals surface area contributed by atoms with E-state index in [1.54, 1.807) is 24.3 Å². The predicted octanol–water partition coefficient (Wildman–Crippen LogP) is 3.53. The zero-order valence-corrected chi connectivity index (χ0v) is 15.5. The van der Waals surface area contributed by atoms with Gasteiger partial charge in [0, 0.05) is 17.7 Å². The van der Waals surface area contributed by atoms with Gasteiger partial charge in [0.2, 0.25) is 12.7 Å². The van der Waals surface area contributed by atoms with Crippen LogP contribution in [-0.4, -0.2) is 36.5 Å². The highest BCUT2D eigenvalue weighted by Gasteiger charge is 2.28. The standard InChI is InChI=1S/C21H21FN2O4/c1-13(25)16-9-19-20(28-12-27-19)10-17(16)23-21(26)11-24-8-2-3-18(24)14-4-6-15(22)7-5-14/h4-7,9-10,18H,2-3,8,11-12H2,1H3,(H,23,26)/t18-/m1/s1. The van der Waals surface area contributed by atoms with Crippen LogP contribution >= 0.6 is 0 Å². The van der Waals surface area contributed by atoms with Crippen LogP contribution in [0.5, 0.6) is 11.5 Å². The topological polar surface area (TPSA) is 67.9 Å². The van der Waals surface area contributed by atoms with Crippen molar-refractivity contribution in [3.8, 4) is 11.5 Å². The average Bonchev–Trinajstić information content (AvgIpc) is 3.30. The lowest BCUT2D eigenvalue weighted by Gasteiger charge is -2.24. The number of fused-ring (bicyclic) bond motifs is 1. The SMILES string of the molecule is CC(=O)c1cc2c(cc1NC(=O)CN1CCC[C@@H]1c1ccc(F)cc1)OCO2. The molecule has 1 N–H and O–H groups in total. The number of amides is 1. The van der Waals surface area contributed by atoms with E-state index in [0.29, 0.717) is 22.7 Å². The number of carbonyl (C=O) groups is 2. The Morgan fingerprint density at radius 3 is 2.61 bits per heavy atom. The maximum atomic E-state index is 13.2. The molecule has 7 heteroatoms. The van der Waals surface area contributed by atoms with Gasteiger partial charge in [0.1, 0.15) is 5.82 Å². The summed E-state index contributed by atoms with van der Waals surface area (Å²) in [5.41, 5.74) is 1.80. The van der Waals surface area contributed by atoms with Crippen molar-refractivity contribution >= 4 is 17.4 Å². The lowest BCUT2D eigenvalue weighted by atomic mass is 10.0. The van der Waals surface area contributed by atoms with Crippen molar-refractivity contribution in [1.82, 2.24) is 4.90 Å². The number of Topliss-reactive ketones (excluding diaryl/α,β-unsaturated/α-hetero) is 1. The minimum absolute atomic E-state index is 0.0791. The molecule has 0 aromatic heterocycles. The Balaban J connectivity index is 1.48. The minimum Gasteiger partial charge on any atom is -0.454 e. The smallest absolute Gasteiger partial charge is 0.238 e. The number of rotatable bonds is 5. The van der Waals surface area contributed by atoms with Crippen LogP contribution in [0.2, 0.25) is 0 Å². The molecule has 1 amide bonds.